The van der Waals surface area contributed by atoms with Crippen molar-refractivity contribution in [1.29, 1.82) is 0 Å². The lowest BCUT2D eigenvalue weighted by Gasteiger charge is -2.38. The van der Waals surface area contributed by atoms with Gasteiger partial charge >= 0.3 is 0 Å². The summed E-state index contributed by atoms with van der Waals surface area (Å²) in [7, 11) is 0. The largest absolute Gasteiger partial charge is 0.355 e. The van der Waals surface area contributed by atoms with Gasteiger partial charge in [0.15, 0.2) is 0 Å². The second-order valence-electron chi connectivity index (χ2n) is 15.2. The van der Waals surface area contributed by atoms with Gasteiger partial charge in [-0.3, -0.25) is 4.99 Å². The van der Waals surface area contributed by atoms with Crippen LogP contribution in [0.1, 0.15) is 73.6 Å². The summed E-state index contributed by atoms with van der Waals surface area (Å²) in [5.41, 5.74) is 17.5. The van der Waals surface area contributed by atoms with Crippen LogP contribution in [0.3, 0.4) is 0 Å². The van der Waals surface area contributed by atoms with Gasteiger partial charge in [0.25, 0.3) is 0 Å². The lowest BCUT2D eigenvalue weighted by Crippen LogP contribution is -2.42. The van der Waals surface area contributed by atoms with Crippen LogP contribution in [0, 0.1) is 11.3 Å². The zero-order valence-corrected chi connectivity index (χ0v) is 30.8. The third-order valence-corrected chi connectivity index (χ3v) is 11.6. The molecule has 3 nitrogen and oxygen atoms in total. The zero-order chi connectivity index (χ0) is 36.2. The van der Waals surface area contributed by atoms with Gasteiger partial charge in [0, 0.05) is 46.6 Å². The summed E-state index contributed by atoms with van der Waals surface area (Å²) in [5, 5.41) is 6.37. The number of anilines is 2. The minimum absolute atomic E-state index is 0.0707. The fourth-order valence-corrected chi connectivity index (χ4v) is 8.34. The van der Waals surface area contributed by atoms with E-state index in [9.17, 15) is 0 Å². The summed E-state index contributed by atoms with van der Waals surface area (Å²) >= 11 is 0. The van der Waals surface area contributed by atoms with Crippen LogP contribution >= 0.6 is 0 Å². The van der Waals surface area contributed by atoms with Crippen molar-refractivity contribution >= 4 is 33.9 Å². The van der Waals surface area contributed by atoms with Gasteiger partial charge in [0.2, 0.25) is 0 Å². The van der Waals surface area contributed by atoms with Crippen LogP contribution in [0.5, 0.6) is 0 Å². The van der Waals surface area contributed by atoms with Crippen molar-refractivity contribution in [3.63, 3.8) is 0 Å². The van der Waals surface area contributed by atoms with Crippen molar-refractivity contribution < 1.29 is 0 Å². The fraction of sp³-hybridized carbons (Fsp3) is 0.220. The standard InChI is InChI=1S/C50H49N3/c1-35-23-26-42(41-20-13-19-40(32-41)37-14-5-3-6-15-37)33-45(35)48-44-21-10-9-16-38(44)27-30-46(48)53-43-28-24-36(25-29-43)34-52-47-22-11-12-31-50(47,2)49(51)39-17-7-4-8-18-39/h3-7,9-14,16-17,19-30,32-35,37,45,49,53H,8,15,18,31,51H2,1-2H3/b52-34+. The first-order valence-corrected chi connectivity index (χ1v) is 19.2. The summed E-state index contributed by atoms with van der Waals surface area (Å²) in [5.74, 6) is 0.971. The number of aliphatic imine (C=N–C) groups is 1. The molecule has 0 heterocycles. The molecule has 0 radical (unpaired) electrons. The maximum atomic E-state index is 6.92. The summed E-state index contributed by atoms with van der Waals surface area (Å²) in [4.78, 5) is 5.04. The van der Waals surface area contributed by atoms with E-state index in [1.165, 1.54) is 38.6 Å². The topological polar surface area (TPSA) is 50.4 Å². The Morgan fingerprint density at radius 1 is 0.868 bits per heavy atom. The number of allylic oxidation sites excluding steroid dienone is 14. The van der Waals surface area contributed by atoms with Crippen molar-refractivity contribution in [2.45, 2.75) is 57.4 Å². The lowest BCUT2D eigenvalue weighted by molar-refractivity contribution is 0.335. The molecule has 0 fully saturated rings. The molecule has 3 heteroatoms. The monoisotopic (exact) mass is 691 g/mol. The maximum Gasteiger partial charge on any atom is 0.0484 e. The number of rotatable bonds is 9. The Balaban J connectivity index is 1.06. The fourth-order valence-electron chi connectivity index (χ4n) is 8.34. The molecule has 264 valence electrons. The van der Waals surface area contributed by atoms with Gasteiger partial charge in [-0.2, -0.15) is 0 Å². The van der Waals surface area contributed by atoms with Crippen molar-refractivity contribution in [2.24, 2.45) is 22.1 Å². The Hall–Kier alpha value is -5.51. The van der Waals surface area contributed by atoms with Crippen LogP contribution in [0.25, 0.3) is 16.3 Å². The molecule has 5 atom stereocenters. The summed E-state index contributed by atoms with van der Waals surface area (Å²) in [6.45, 7) is 4.59. The maximum absolute atomic E-state index is 6.92. The van der Waals surface area contributed by atoms with Gasteiger partial charge in [-0.05, 0) is 94.5 Å². The van der Waals surface area contributed by atoms with Gasteiger partial charge in [0.1, 0.15) is 0 Å². The third kappa shape index (κ3) is 7.27. The molecule has 0 bridgehead atoms. The van der Waals surface area contributed by atoms with E-state index in [1.807, 2.05) is 6.21 Å². The highest BCUT2D eigenvalue weighted by molar-refractivity contribution is 5.93. The lowest BCUT2D eigenvalue weighted by atomic mass is 9.70. The Kier molecular flexibility index (Phi) is 9.93. The molecule has 53 heavy (non-hydrogen) atoms. The molecule has 0 aliphatic heterocycles. The van der Waals surface area contributed by atoms with Crippen molar-refractivity contribution in [3.8, 4) is 0 Å². The van der Waals surface area contributed by atoms with Crippen molar-refractivity contribution in [2.75, 3.05) is 5.32 Å². The molecule has 5 unspecified atom stereocenters. The molecule has 0 amide bonds. The third-order valence-electron chi connectivity index (χ3n) is 11.6. The molecule has 4 aromatic carbocycles. The number of nitrogens with two attached hydrogens (primary N) is 1. The van der Waals surface area contributed by atoms with Crippen LogP contribution in [-0.4, -0.2) is 12.3 Å². The highest BCUT2D eigenvalue weighted by Crippen LogP contribution is 2.44. The van der Waals surface area contributed by atoms with E-state index in [0.717, 1.165) is 48.3 Å². The number of nitrogens with one attached hydrogen (secondary N) is 1. The van der Waals surface area contributed by atoms with E-state index in [1.54, 1.807) is 0 Å². The van der Waals surface area contributed by atoms with E-state index in [2.05, 4.69) is 183 Å². The molecule has 4 aromatic rings. The smallest absolute Gasteiger partial charge is 0.0484 e. The van der Waals surface area contributed by atoms with Gasteiger partial charge in [-0.15, -0.1) is 0 Å². The molecule has 0 aromatic heterocycles. The second kappa shape index (κ2) is 15.2. The Labute approximate surface area is 315 Å². The van der Waals surface area contributed by atoms with Gasteiger partial charge in [-0.25, -0.2) is 0 Å². The first-order valence-electron chi connectivity index (χ1n) is 19.2. The summed E-state index contributed by atoms with van der Waals surface area (Å²) in [6.07, 6.45) is 35.0. The Morgan fingerprint density at radius 2 is 1.74 bits per heavy atom. The molecular weight excluding hydrogens is 643 g/mol. The van der Waals surface area contributed by atoms with Crippen LogP contribution in [0.4, 0.5) is 11.4 Å². The number of nitrogens with zero attached hydrogens (tertiary/aromatic N) is 1. The molecule has 4 aliphatic carbocycles. The number of fused-ring (bicyclic) bond motifs is 1. The first kappa shape index (κ1) is 34.6. The van der Waals surface area contributed by atoms with E-state index in [-0.39, 0.29) is 17.4 Å². The Bertz CT molecular complexity index is 2270. The van der Waals surface area contributed by atoms with Crippen molar-refractivity contribution in [3.05, 3.63) is 197 Å². The minimum atomic E-state index is -0.247. The zero-order valence-electron chi connectivity index (χ0n) is 30.8. The number of hydrogen-bond acceptors (Lipinski definition) is 3. The normalized spacial score (nSPS) is 24.3. The molecule has 4 aliphatic rings. The van der Waals surface area contributed by atoms with Crippen LogP contribution < -0.4 is 11.1 Å². The van der Waals surface area contributed by atoms with Gasteiger partial charge < -0.3 is 11.1 Å². The molecule has 0 saturated heterocycles. The first-order chi connectivity index (χ1) is 26.0. The molecular formula is C50H49N3. The number of hydrogen-bond donors (Lipinski definition) is 2. The van der Waals surface area contributed by atoms with E-state index in [4.69, 9.17) is 10.7 Å². The molecule has 3 N–H and O–H groups in total. The van der Waals surface area contributed by atoms with E-state index >= 15 is 0 Å². The average Bonchev–Trinajstić information content (AvgIpc) is 3.22. The van der Waals surface area contributed by atoms with Crippen LogP contribution in [0.15, 0.2) is 180 Å². The summed E-state index contributed by atoms with van der Waals surface area (Å²) in [6, 6.07) is 30.9. The van der Waals surface area contributed by atoms with Crippen LogP contribution in [-0.2, 0) is 0 Å². The number of benzene rings is 4. The van der Waals surface area contributed by atoms with E-state index < -0.39 is 0 Å². The van der Waals surface area contributed by atoms with Crippen LogP contribution in [0.2, 0.25) is 0 Å². The highest BCUT2D eigenvalue weighted by Gasteiger charge is 2.37. The average molecular weight is 692 g/mol. The Morgan fingerprint density at radius 3 is 2.57 bits per heavy atom. The van der Waals surface area contributed by atoms with Gasteiger partial charge in [0.05, 0.1) is 0 Å². The molecule has 0 saturated carbocycles. The van der Waals surface area contributed by atoms with Crippen molar-refractivity contribution in [1.82, 2.24) is 0 Å². The molecule has 0 spiro atoms. The van der Waals surface area contributed by atoms with E-state index in [0.29, 0.717) is 11.8 Å². The SMILES string of the molecule is CC1C=CC(c2cccc(C3C=CC=CC3)c2)=CC1c1c(Nc2ccc(/C=N/C3=CC=CCC3(C)C(N)C3=CC=CCC3)cc2)ccc2ccccc12. The molecule has 8 rings (SSSR count). The minimum Gasteiger partial charge on any atom is -0.355 e. The van der Waals surface area contributed by atoms with Gasteiger partial charge in [-0.1, -0.05) is 159 Å². The summed E-state index contributed by atoms with van der Waals surface area (Å²) < 4.78 is 0. The quantitative estimate of drug-likeness (QED) is 0.172. The second-order valence-corrected chi connectivity index (χ2v) is 15.2. The predicted octanol–water partition coefficient (Wildman–Crippen LogP) is 12.4. The predicted molar refractivity (Wildman–Crippen MR) is 227 cm³/mol. The highest BCUT2D eigenvalue weighted by atomic mass is 14.9.